The first-order chi connectivity index (χ1) is 10.2. The molecule has 106 valence electrons. The van der Waals surface area contributed by atoms with Gasteiger partial charge in [-0.2, -0.15) is 0 Å². The summed E-state index contributed by atoms with van der Waals surface area (Å²) in [5, 5.41) is 8.04. The van der Waals surface area contributed by atoms with Crippen molar-refractivity contribution in [3.8, 4) is 0 Å². The number of aromatic nitrogens is 4. The van der Waals surface area contributed by atoms with Crippen molar-refractivity contribution in [3.05, 3.63) is 41.4 Å². The van der Waals surface area contributed by atoms with Gasteiger partial charge >= 0.3 is 0 Å². The summed E-state index contributed by atoms with van der Waals surface area (Å²) in [4.78, 5) is 18.9. The summed E-state index contributed by atoms with van der Waals surface area (Å²) in [5.74, 6) is 0.857. The second-order valence-electron chi connectivity index (χ2n) is 5.09. The van der Waals surface area contributed by atoms with E-state index in [1.54, 1.807) is 23.2 Å². The zero-order chi connectivity index (χ0) is 14.4. The number of rotatable bonds is 1. The van der Waals surface area contributed by atoms with Crippen LogP contribution in [-0.2, 0) is 6.54 Å². The zero-order valence-corrected chi connectivity index (χ0v) is 12.2. The molecule has 0 spiro atoms. The van der Waals surface area contributed by atoms with E-state index in [4.69, 9.17) is 0 Å². The number of nitrogens with zero attached hydrogens (tertiary/aromatic N) is 5. The average molecular weight is 299 g/mol. The predicted octanol–water partition coefficient (Wildman–Crippen LogP) is 2.10. The van der Waals surface area contributed by atoms with Gasteiger partial charge in [0.1, 0.15) is 6.33 Å². The summed E-state index contributed by atoms with van der Waals surface area (Å²) in [6.07, 6.45) is 1.72. The third-order valence-electron chi connectivity index (χ3n) is 3.91. The highest BCUT2D eigenvalue weighted by atomic mass is 32.1. The molecule has 1 aromatic carbocycles. The van der Waals surface area contributed by atoms with Gasteiger partial charge in [-0.15, -0.1) is 21.5 Å². The fourth-order valence-electron chi connectivity index (χ4n) is 2.74. The topological polar surface area (TPSA) is 63.9 Å². The van der Waals surface area contributed by atoms with Crippen LogP contribution in [0.15, 0.2) is 30.0 Å². The zero-order valence-electron chi connectivity index (χ0n) is 11.4. The molecule has 7 heteroatoms. The molecule has 0 fully saturated rings. The third kappa shape index (κ3) is 1.92. The molecule has 0 N–H and O–H groups in total. The maximum absolute atomic E-state index is 12.8. The molecule has 4 rings (SSSR count). The molecule has 0 bridgehead atoms. The SMILES string of the molecule is C[C@H]1c2nncn2CCN1C(=O)c1ccc2scnc2c1. The number of hydrogen-bond donors (Lipinski definition) is 0. The minimum Gasteiger partial charge on any atom is -0.327 e. The Morgan fingerprint density at radius 1 is 1.38 bits per heavy atom. The minimum atomic E-state index is -0.0696. The lowest BCUT2D eigenvalue weighted by atomic mass is 10.1. The second kappa shape index (κ2) is 4.63. The number of carbonyl (C=O) groups excluding carboxylic acids is 1. The Hall–Kier alpha value is -2.28. The highest BCUT2D eigenvalue weighted by molar-refractivity contribution is 7.16. The summed E-state index contributed by atoms with van der Waals surface area (Å²) in [6, 6.07) is 5.62. The molecule has 6 nitrogen and oxygen atoms in total. The van der Waals surface area contributed by atoms with Gasteiger partial charge in [0.2, 0.25) is 0 Å². The predicted molar refractivity (Wildman–Crippen MR) is 79.1 cm³/mol. The van der Waals surface area contributed by atoms with Crippen LogP contribution in [-0.4, -0.2) is 37.1 Å². The van der Waals surface area contributed by atoms with Crippen LogP contribution in [0.5, 0.6) is 0 Å². The van der Waals surface area contributed by atoms with E-state index in [0.717, 1.165) is 22.6 Å². The van der Waals surface area contributed by atoms with Crippen LogP contribution in [0.1, 0.15) is 29.1 Å². The molecular formula is C14H13N5OS. The fraction of sp³-hybridized carbons (Fsp3) is 0.286. The Labute approximate surface area is 125 Å². The van der Waals surface area contributed by atoms with E-state index in [9.17, 15) is 4.79 Å². The van der Waals surface area contributed by atoms with E-state index in [-0.39, 0.29) is 11.9 Å². The first-order valence-electron chi connectivity index (χ1n) is 6.76. The molecule has 21 heavy (non-hydrogen) atoms. The lowest BCUT2D eigenvalue weighted by molar-refractivity contribution is 0.0638. The van der Waals surface area contributed by atoms with Gasteiger partial charge < -0.3 is 9.47 Å². The largest absolute Gasteiger partial charge is 0.327 e. The van der Waals surface area contributed by atoms with Crippen LogP contribution in [0.2, 0.25) is 0 Å². The van der Waals surface area contributed by atoms with Gasteiger partial charge in [-0.1, -0.05) is 0 Å². The standard InChI is InChI=1S/C14H13N5OS/c1-9-13-17-16-7-18(13)4-5-19(9)14(20)10-2-3-12-11(6-10)15-8-21-12/h2-3,6-9H,4-5H2,1H3/t9-/m0/s1. The first kappa shape index (κ1) is 12.5. The Bertz CT molecular complexity index is 824. The molecule has 0 saturated carbocycles. The van der Waals surface area contributed by atoms with Crippen molar-refractivity contribution in [1.29, 1.82) is 0 Å². The van der Waals surface area contributed by atoms with E-state index in [2.05, 4.69) is 15.2 Å². The summed E-state index contributed by atoms with van der Waals surface area (Å²) in [7, 11) is 0. The molecular weight excluding hydrogens is 286 g/mol. The van der Waals surface area contributed by atoms with Crippen LogP contribution in [0.3, 0.4) is 0 Å². The molecule has 3 aromatic rings. The van der Waals surface area contributed by atoms with E-state index in [1.807, 2.05) is 34.6 Å². The van der Waals surface area contributed by atoms with Crippen molar-refractivity contribution >= 4 is 27.5 Å². The number of thiazole rings is 1. The van der Waals surface area contributed by atoms with Gasteiger partial charge in [0.05, 0.1) is 21.8 Å². The highest BCUT2D eigenvalue weighted by Crippen LogP contribution is 2.26. The highest BCUT2D eigenvalue weighted by Gasteiger charge is 2.29. The van der Waals surface area contributed by atoms with Crippen LogP contribution in [0.25, 0.3) is 10.2 Å². The molecule has 0 unspecified atom stereocenters. The van der Waals surface area contributed by atoms with Gasteiger partial charge in [0.25, 0.3) is 5.91 Å². The number of amides is 1. The number of fused-ring (bicyclic) bond motifs is 2. The molecule has 1 atom stereocenters. The lowest BCUT2D eigenvalue weighted by Gasteiger charge is -2.33. The minimum absolute atomic E-state index is 0.0200. The maximum Gasteiger partial charge on any atom is 0.254 e. The Morgan fingerprint density at radius 2 is 2.29 bits per heavy atom. The van der Waals surface area contributed by atoms with Gasteiger partial charge in [0, 0.05) is 18.7 Å². The van der Waals surface area contributed by atoms with Gasteiger partial charge in [-0.05, 0) is 25.1 Å². The van der Waals surface area contributed by atoms with Gasteiger partial charge in [0.15, 0.2) is 5.82 Å². The quantitative estimate of drug-likeness (QED) is 0.690. The molecule has 1 amide bonds. The van der Waals surface area contributed by atoms with E-state index in [1.165, 1.54) is 0 Å². The number of carbonyl (C=O) groups is 1. The monoisotopic (exact) mass is 299 g/mol. The summed E-state index contributed by atoms with van der Waals surface area (Å²) in [5.41, 5.74) is 3.34. The van der Waals surface area contributed by atoms with E-state index >= 15 is 0 Å². The molecule has 1 aliphatic heterocycles. The van der Waals surface area contributed by atoms with Crippen LogP contribution >= 0.6 is 11.3 Å². The normalized spacial score (nSPS) is 18.0. The second-order valence-corrected chi connectivity index (χ2v) is 5.98. The Kier molecular flexibility index (Phi) is 2.75. The fourth-order valence-corrected chi connectivity index (χ4v) is 3.40. The molecule has 2 aromatic heterocycles. The van der Waals surface area contributed by atoms with E-state index in [0.29, 0.717) is 12.1 Å². The molecule has 0 radical (unpaired) electrons. The summed E-state index contributed by atoms with van der Waals surface area (Å²) < 4.78 is 3.09. The number of hydrogen-bond acceptors (Lipinski definition) is 5. The summed E-state index contributed by atoms with van der Waals surface area (Å²) >= 11 is 1.58. The van der Waals surface area contributed by atoms with Crippen LogP contribution in [0.4, 0.5) is 0 Å². The van der Waals surface area contributed by atoms with Crippen molar-refractivity contribution in [1.82, 2.24) is 24.6 Å². The van der Waals surface area contributed by atoms with Crippen molar-refractivity contribution in [2.75, 3.05) is 6.54 Å². The first-order valence-corrected chi connectivity index (χ1v) is 7.64. The number of benzene rings is 1. The average Bonchev–Trinajstić information content (AvgIpc) is 3.15. The summed E-state index contributed by atoms with van der Waals surface area (Å²) in [6.45, 7) is 3.39. The smallest absolute Gasteiger partial charge is 0.254 e. The van der Waals surface area contributed by atoms with Crippen molar-refractivity contribution in [2.45, 2.75) is 19.5 Å². The lowest BCUT2D eigenvalue weighted by Crippen LogP contribution is -2.41. The Balaban J connectivity index is 1.68. The van der Waals surface area contributed by atoms with Crippen LogP contribution in [0, 0.1) is 0 Å². The van der Waals surface area contributed by atoms with Gasteiger partial charge in [-0.3, -0.25) is 4.79 Å². The maximum atomic E-state index is 12.8. The Morgan fingerprint density at radius 3 is 3.19 bits per heavy atom. The third-order valence-corrected chi connectivity index (χ3v) is 4.72. The molecule has 3 heterocycles. The van der Waals surface area contributed by atoms with Gasteiger partial charge in [-0.25, -0.2) is 4.98 Å². The van der Waals surface area contributed by atoms with Crippen molar-refractivity contribution in [3.63, 3.8) is 0 Å². The molecule has 1 aliphatic rings. The molecule has 0 aliphatic carbocycles. The van der Waals surface area contributed by atoms with E-state index < -0.39 is 0 Å². The molecule has 0 saturated heterocycles. The van der Waals surface area contributed by atoms with Crippen molar-refractivity contribution in [2.24, 2.45) is 0 Å². The van der Waals surface area contributed by atoms with Crippen molar-refractivity contribution < 1.29 is 4.79 Å². The van der Waals surface area contributed by atoms with Crippen LogP contribution < -0.4 is 0 Å².